The molecule has 6 heteroatoms. The Kier molecular flexibility index (Phi) is 6.43. The maximum atomic E-state index is 13.4. The van der Waals surface area contributed by atoms with E-state index in [0.717, 1.165) is 31.4 Å². The zero-order valence-electron chi connectivity index (χ0n) is 21.7. The van der Waals surface area contributed by atoms with Gasteiger partial charge in [-0.25, -0.2) is 0 Å². The Balaban J connectivity index is 1.69. The number of Topliss-reactive ketones (excluding diaryl/α,β-unsaturated/α-hetero) is 1. The Bertz CT molecular complexity index is 1170. The molecule has 4 unspecified atom stereocenters. The summed E-state index contributed by atoms with van der Waals surface area (Å²) in [5.74, 6) is 0.0724. The fraction of sp³-hybridized carbons (Fsp3) is 0.567. The number of nitrogens with zero attached hydrogens (tertiary/aromatic N) is 1. The van der Waals surface area contributed by atoms with E-state index in [1.807, 2.05) is 20.2 Å². The molecule has 0 radical (unpaired) electrons. The van der Waals surface area contributed by atoms with Gasteiger partial charge in [0.2, 0.25) is 0 Å². The van der Waals surface area contributed by atoms with Crippen molar-refractivity contribution in [1.29, 1.82) is 0 Å². The number of fused-ring (bicyclic) bond motifs is 4. The third kappa shape index (κ3) is 3.77. The van der Waals surface area contributed by atoms with E-state index in [4.69, 9.17) is 16.3 Å². The van der Waals surface area contributed by atoms with Crippen LogP contribution in [0.5, 0.6) is 0 Å². The molecule has 0 N–H and O–H groups in total. The van der Waals surface area contributed by atoms with Crippen LogP contribution >= 0.6 is 11.6 Å². The molecule has 4 aliphatic rings. The number of carbonyl (C=O) groups excluding carboxylic acids is 3. The van der Waals surface area contributed by atoms with Crippen molar-refractivity contribution in [2.75, 3.05) is 24.9 Å². The van der Waals surface area contributed by atoms with Gasteiger partial charge in [0, 0.05) is 44.5 Å². The second-order valence-corrected chi connectivity index (χ2v) is 11.8. The van der Waals surface area contributed by atoms with E-state index in [0.29, 0.717) is 25.2 Å². The van der Waals surface area contributed by atoms with Gasteiger partial charge in [-0.15, -0.1) is 11.6 Å². The first-order valence-electron chi connectivity index (χ1n) is 13.1. The van der Waals surface area contributed by atoms with E-state index < -0.39 is 17.0 Å². The molecule has 5 nitrogen and oxygen atoms in total. The molecule has 0 bridgehead atoms. The van der Waals surface area contributed by atoms with Crippen molar-refractivity contribution in [2.45, 2.75) is 70.3 Å². The Hall–Kier alpha value is -2.40. The number of hydrogen-bond donors (Lipinski definition) is 0. The van der Waals surface area contributed by atoms with E-state index in [1.165, 1.54) is 29.2 Å². The number of ketones is 2. The Morgan fingerprint density at radius 2 is 1.83 bits per heavy atom. The molecule has 0 aromatic heterocycles. The minimum Gasteiger partial charge on any atom is -0.451 e. The highest BCUT2D eigenvalue weighted by Gasteiger charge is 2.67. The Morgan fingerprint density at radius 1 is 1.11 bits per heavy atom. The highest BCUT2D eigenvalue weighted by Crippen LogP contribution is 2.67. The molecule has 0 heterocycles. The summed E-state index contributed by atoms with van der Waals surface area (Å²) in [4.78, 5) is 40.1. The van der Waals surface area contributed by atoms with Gasteiger partial charge in [-0.3, -0.25) is 14.4 Å². The second-order valence-electron chi connectivity index (χ2n) is 11.5. The van der Waals surface area contributed by atoms with E-state index in [2.05, 4.69) is 36.1 Å². The summed E-state index contributed by atoms with van der Waals surface area (Å²) in [5, 5.41) is 0. The predicted octanol–water partition coefficient (Wildman–Crippen LogP) is 5.76. The first-order valence-corrected chi connectivity index (χ1v) is 13.7. The van der Waals surface area contributed by atoms with Gasteiger partial charge in [-0.1, -0.05) is 24.6 Å². The molecule has 1 aromatic carbocycles. The average molecular weight is 510 g/mol. The zero-order chi connectivity index (χ0) is 25.8. The average Bonchev–Trinajstić information content (AvgIpc) is 3.14. The zero-order valence-corrected chi connectivity index (χ0v) is 22.5. The number of alkyl halides is 1. The SMILES string of the molecule is CC(=O)O[C@]1(C(=O)CCl)CCC2C3CCC4=CC(=O)CCC4=C3C(c3ccc(N(C)C)cc3)CC21C. The van der Waals surface area contributed by atoms with Crippen molar-refractivity contribution < 1.29 is 19.1 Å². The van der Waals surface area contributed by atoms with Crippen molar-refractivity contribution in [3.8, 4) is 0 Å². The summed E-state index contributed by atoms with van der Waals surface area (Å²) >= 11 is 6.15. The number of esters is 1. The molecule has 0 saturated heterocycles. The van der Waals surface area contributed by atoms with Crippen molar-refractivity contribution in [3.05, 3.63) is 52.6 Å². The third-order valence-electron chi connectivity index (χ3n) is 9.56. The lowest BCUT2D eigenvalue weighted by atomic mass is 9.50. The molecule has 36 heavy (non-hydrogen) atoms. The quantitative estimate of drug-likeness (QED) is 0.373. The predicted molar refractivity (Wildman–Crippen MR) is 141 cm³/mol. The highest BCUT2D eigenvalue weighted by molar-refractivity contribution is 6.29. The number of benzene rings is 1. The summed E-state index contributed by atoms with van der Waals surface area (Å²) in [6.07, 6.45) is 7.13. The molecular weight excluding hydrogens is 474 g/mol. The fourth-order valence-electron chi connectivity index (χ4n) is 7.99. The normalized spacial score (nSPS) is 33.3. The lowest BCUT2D eigenvalue weighted by molar-refractivity contribution is -0.182. The van der Waals surface area contributed by atoms with Crippen LogP contribution in [0.1, 0.15) is 70.3 Å². The first-order chi connectivity index (χ1) is 17.1. The number of ether oxygens (including phenoxy) is 1. The maximum Gasteiger partial charge on any atom is 0.303 e. The topological polar surface area (TPSA) is 63.7 Å². The van der Waals surface area contributed by atoms with Crippen LogP contribution in [0.4, 0.5) is 5.69 Å². The van der Waals surface area contributed by atoms with Crippen LogP contribution in [0.25, 0.3) is 0 Å². The fourth-order valence-corrected chi connectivity index (χ4v) is 8.20. The highest BCUT2D eigenvalue weighted by atomic mass is 35.5. The van der Waals surface area contributed by atoms with Crippen LogP contribution in [-0.2, 0) is 19.1 Å². The van der Waals surface area contributed by atoms with E-state index >= 15 is 0 Å². The van der Waals surface area contributed by atoms with E-state index in [-0.39, 0.29) is 29.3 Å². The van der Waals surface area contributed by atoms with Crippen molar-refractivity contribution in [3.63, 3.8) is 0 Å². The third-order valence-corrected chi connectivity index (χ3v) is 9.80. The van der Waals surface area contributed by atoms with Gasteiger partial charge in [0.15, 0.2) is 17.2 Å². The number of halogens is 1. The number of carbonyl (C=O) groups is 3. The lowest BCUT2D eigenvalue weighted by Gasteiger charge is -2.55. The van der Waals surface area contributed by atoms with Crippen LogP contribution in [0.15, 0.2) is 47.1 Å². The number of allylic oxidation sites excluding steroid dienone is 4. The summed E-state index contributed by atoms with van der Waals surface area (Å²) in [7, 11) is 4.06. The minimum absolute atomic E-state index is 0.0931. The molecule has 5 atom stereocenters. The second kappa shape index (κ2) is 9.16. The summed E-state index contributed by atoms with van der Waals surface area (Å²) < 4.78 is 6.01. The van der Waals surface area contributed by atoms with Crippen LogP contribution in [-0.4, -0.2) is 43.1 Å². The number of rotatable bonds is 5. The summed E-state index contributed by atoms with van der Waals surface area (Å²) in [6, 6.07) is 8.69. The molecule has 2 saturated carbocycles. The van der Waals surface area contributed by atoms with Gasteiger partial charge in [0.25, 0.3) is 0 Å². The molecule has 0 spiro atoms. The van der Waals surface area contributed by atoms with Gasteiger partial charge < -0.3 is 9.64 Å². The van der Waals surface area contributed by atoms with Gasteiger partial charge in [-0.2, -0.15) is 0 Å². The van der Waals surface area contributed by atoms with Crippen LogP contribution in [0.2, 0.25) is 0 Å². The number of hydrogen-bond acceptors (Lipinski definition) is 5. The number of anilines is 1. The van der Waals surface area contributed by atoms with Crippen LogP contribution in [0, 0.1) is 17.3 Å². The van der Waals surface area contributed by atoms with Gasteiger partial charge in [-0.05, 0) is 85.3 Å². The van der Waals surface area contributed by atoms with E-state index in [1.54, 1.807) is 0 Å². The monoisotopic (exact) mass is 509 g/mol. The largest absolute Gasteiger partial charge is 0.451 e. The van der Waals surface area contributed by atoms with Crippen molar-refractivity contribution >= 4 is 34.8 Å². The molecule has 1 aromatic rings. The molecular formula is C30H36ClNO4. The molecule has 2 fully saturated rings. The van der Waals surface area contributed by atoms with Crippen molar-refractivity contribution in [1.82, 2.24) is 0 Å². The van der Waals surface area contributed by atoms with Crippen molar-refractivity contribution in [2.24, 2.45) is 17.3 Å². The minimum atomic E-state index is -1.19. The van der Waals surface area contributed by atoms with Crippen LogP contribution in [0.3, 0.4) is 0 Å². The Morgan fingerprint density at radius 3 is 2.47 bits per heavy atom. The van der Waals surface area contributed by atoms with Gasteiger partial charge in [0.05, 0.1) is 5.88 Å². The molecule has 0 aliphatic heterocycles. The van der Waals surface area contributed by atoms with E-state index in [9.17, 15) is 14.4 Å². The maximum absolute atomic E-state index is 13.4. The summed E-state index contributed by atoms with van der Waals surface area (Å²) in [6.45, 7) is 3.56. The van der Waals surface area contributed by atoms with Gasteiger partial charge >= 0.3 is 5.97 Å². The van der Waals surface area contributed by atoms with Crippen LogP contribution < -0.4 is 4.90 Å². The smallest absolute Gasteiger partial charge is 0.303 e. The summed E-state index contributed by atoms with van der Waals surface area (Å²) in [5.41, 5.74) is 4.66. The molecule has 0 amide bonds. The molecule has 4 aliphatic carbocycles. The molecule has 192 valence electrons. The molecule has 5 rings (SSSR count). The van der Waals surface area contributed by atoms with Gasteiger partial charge in [0.1, 0.15) is 0 Å². The first kappa shape index (κ1) is 25.3. The lowest BCUT2D eigenvalue weighted by Crippen LogP contribution is -2.58. The Labute approximate surface area is 218 Å². The standard InChI is InChI=1S/C30H36ClNO4/c1-18(33)36-30(27(35)17-31)14-13-26-24-11-7-20-15-22(34)10-12-23(20)28(24)25(16-29(26,30)2)19-5-8-21(9-6-19)32(3)4/h5-6,8-9,15,24-26H,7,10-14,16-17H2,1-4H3/t24?,25?,26?,29?,30-/m0/s1.